The van der Waals surface area contributed by atoms with E-state index in [-0.39, 0.29) is 17.6 Å². The first-order chi connectivity index (χ1) is 15.0. The molecule has 2 unspecified atom stereocenters. The van der Waals surface area contributed by atoms with E-state index in [0.29, 0.717) is 29.2 Å². The Kier molecular flexibility index (Phi) is 4.35. The van der Waals surface area contributed by atoms with Crippen LogP contribution in [0.25, 0.3) is 11.2 Å². The monoisotopic (exact) mass is 420 g/mol. The lowest BCUT2D eigenvalue weighted by atomic mass is 9.98. The van der Waals surface area contributed by atoms with Crippen molar-refractivity contribution in [2.45, 2.75) is 24.7 Å². The van der Waals surface area contributed by atoms with Gasteiger partial charge in [-0.15, -0.1) is 0 Å². The molecular weight excluding hydrogens is 400 g/mol. The first-order valence-electron chi connectivity index (χ1n) is 9.81. The molecule has 0 aliphatic heterocycles. The van der Waals surface area contributed by atoms with Crippen LogP contribution < -0.4 is 10.6 Å². The zero-order chi connectivity index (χ0) is 21.8. The van der Waals surface area contributed by atoms with Crippen molar-refractivity contribution in [1.82, 2.24) is 34.8 Å². The second kappa shape index (κ2) is 6.97. The number of fused-ring (bicyclic) bond motifs is 2. The summed E-state index contributed by atoms with van der Waals surface area (Å²) in [6.45, 7) is 0. The number of hydrogen-bond donors (Lipinski definition) is 4. The van der Waals surface area contributed by atoms with Crippen molar-refractivity contribution in [3.05, 3.63) is 36.4 Å². The Balaban J connectivity index is 1.58. The third kappa shape index (κ3) is 2.76. The van der Waals surface area contributed by atoms with Crippen molar-refractivity contribution < 1.29 is 15.0 Å². The average Bonchev–Trinajstić information content (AvgIpc) is 3.34. The normalized spacial score (nSPS) is 28.5. The first kappa shape index (κ1) is 19.3. The summed E-state index contributed by atoms with van der Waals surface area (Å²) in [5, 5.41) is 27.0. The SMILES string of the molecule is CNC(=O)C12CC1[C@@H](n1cnc3c(NC)nc(C#Cc4ncccn4)nc31)[C@H](O)[C@@H]2O. The number of aromatic nitrogens is 6. The molecule has 2 fully saturated rings. The van der Waals surface area contributed by atoms with Crippen molar-refractivity contribution in [3.8, 4) is 11.8 Å². The molecule has 11 heteroatoms. The summed E-state index contributed by atoms with van der Waals surface area (Å²) in [4.78, 5) is 33.9. The van der Waals surface area contributed by atoms with Crippen LogP contribution in [0, 0.1) is 23.2 Å². The van der Waals surface area contributed by atoms with Crippen molar-refractivity contribution in [2.24, 2.45) is 11.3 Å². The van der Waals surface area contributed by atoms with Crippen LogP contribution in [0.4, 0.5) is 5.82 Å². The van der Waals surface area contributed by atoms with Crippen LogP contribution in [0.1, 0.15) is 24.1 Å². The molecule has 0 bridgehead atoms. The van der Waals surface area contributed by atoms with Gasteiger partial charge in [0, 0.05) is 32.4 Å². The molecule has 5 rings (SSSR count). The largest absolute Gasteiger partial charge is 0.389 e. The molecule has 0 saturated heterocycles. The minimum atomic E-state index is -1.17. The van der Waals surface area contributed by atoms with E-state index < -0.39 is 23.7 Å². The van der Waals surface area contributed by atoms with Crippen LogP contribution in [0.15, 0.2) is 24.8 Å². The van der Waals surface area contributed by atoms with Crippen LogP contribution in [0.5, 0.6) is 0 Å². The van der Waals surface area contributed by atoms with Gasteiger partial charge in [-0.3, -0.25) is 4.79 Å². The van der Waals surface area contributed by atoms with Gasteiger partial charge in [-0.2, -0.15) is 0 Å². The molecule has 0 aromatic carbocycles. The zero-order valence-electron chi connectivity index (χ0n) is 16.8. The molecule has 5 atom stereocenters. The highest BCUT2D eigenvalue weighted by atomic mass is 16.3. The Labute approximate surface area is 177 Å². The summed E-state index contributed by atoms with van der Waals surface area (Å²) in [6, 6.07) is 1.15. The number of nitrogens with one attached hydrogen (secondary N) is 2. The standard InChI is InChI=1S/C20H20N8O3/c1-21-17-13-18(27-12(26-17)5-4-11-23-6-3-7-24-11)28(9-25-13)14-10-8-20(10,19(31)22-2)16(30)15(14)29/h3,6-7,9-10,14-16,29-30H,8H2,1-2H3,(H,22,31)(H,21,26,27)/t10?,14-,15+,16+,20?/m1/s1. The van der Waals surface area contributed by atoms with Crippen LogP contribution in [-0.4, -0.2) is 71.9 Å². The molecule has 3 heterocycles. The van der Waals surface area contributed by atoms with E-state index in [1.165, 1.54) is 7.05 Å². The van der Waals surface area contributed by atoms with Crippen molar-refractivity contribution >= 4 is 22.9 Å². The lowest BCUT2D eigenvalue weighted by Crippen LogP contribution is -2.41. The molecule has 2 saturated carbocycles. The predicted octanol–water partition coefficient (Wildman–Crippen LogP) is -0.913. The van der Waals surface area contributed by atoms with E-state index in [1.807, 2.05) is 0 Å². The maximum absolute atomic E-state index is 12.4. The maximum Gasteiger partial charge on any atom is 0.229 e. The molecule has 2 aliphatic rings. The number of amides is 1. The van der Waals surface area contributed by atoms with Gasteiger partial charge in [-0.25, -0.2) is 24.9 Å². The Hall–Kier alpha value is -3.62. The van der Waals surface area contributed by atoms with Gasteiger partial charge in [0.1, 0.15) is 6.10 Å². The molecule has 31 heavy (non-hydrogen) atoms. The quantitative estimate of drug-likeness (QED) is 0.395. The van der Waals surface area contributed by atoms with E-state index >= 15 is 0 Å². The van der Waals surface area contributed by atoms with Crippen molar-refractivity contribution in [2.75, 3.05) is 19.4 Å². The van der Waals surface area contributed by atoms with Crippen LogP contribution in [0.2, 0.25) is 0 Å². The van der Waals surface area contributed by atoms with Gasteiger partial charge in [0.05, 0.1) is 23.9 Å². The summed E-state index contributed by atoms with van der Waals surface area (Å²) in [6.07, 6.45) is 2.93. The lowest BCUT2D eigenvalue weighted by Gasteiger charge is -2.23. The Morgan fingerprint density at radius 3 is 2.61 bits per heavy atom. The minimum Gasteiger partial charge on any atom is -0.389 e. The third-order valence-electron chi connectivity index (χ3n) is 6.15. The fourth-order valence-electron chi connectivity index (χ4n) is 4.63. The van der Waals surface area contributed by atoms with Crippen LogP contribution >= 0.6 is 0 Å². The minimum absolute atomic E-state index is 0.227. The number of aliphatic hydroxyl groups is 2. The average molecular weight is 420 g/mol. The fourth-order valence-corrected chi connectivity index (χ4v) is 4.63. The molecule has 2 aliphatic carbocycles. The van der Waals surface area contributed by atoms with E-state index in [2.05, 4.69) is 47.4 Å². The predicted molar refractivity (Wildman–Crippen MR) is 109 cm³/mol. The number of nitrogens with zero attached hydrogens (tertiary/aromatic N) is 6. The Morgan fingerprint density at radius 2 is 1.90 bits per heavy atom. The number of carbonyl (C=O) groups excluding carboxylic acids is 1. The fraction of sp³-hybridized carbons (Fsp3) is 0.400. The lowest BCUT2D eigenvalue weighted by molar-refractivity contribution is -0.132. The molecule has 158 valence electrons. The van der Waals surface area contributed by atoms with Gasteiger partial charge in [-0.05, 0) is 24.3 Å². The second-order valence-electron chi connectivity index (χ2n) is 7.65. The molecule has 1 amide bonds. The highest BCUT2D eigenvalue weighted by Crippen LogP contribution is 2.67. The van der Waals surface area contributed by atoms with Crippen molar-refractivity contribution in [1.29, 1.82) is 0 Å². The zero-order valence-corrected chi connectivity index (χ0v) is 16.8. The molecule has 3 aromatic heterocycles. The molecular formula is C20H20N8O3. The van der Waals surface area contributed by atoms with E-state index in [1.54, 1.807) is 36.4 Å². The summed E-state index contributed by atoms with van der Waals surface area (Å²) in [7, 11) is 3.24. The van der Waals surface area contributed by atoms with Gasteiger partial charge in [0.2, 0.25) is 17.6 Å². The van der Waals surface area contributed by atoms with Gasteiger partial charge in [0.25, 0.3) is 0 Å². The highest BCUT2D eigenvalue weighted by molar-refractivity contribution is 5.88. The van der Waals surface area contributed by atoms with E-state index in [0.717, 1.165) is 0 Å². The topological polar surface area (TPSA) is 151 Å². The molecule has 0 spiro atoms. The Bertz CT molecular complexity index is 1230. The number of anilines is 1. The van der Waals surface area contributed by atoms with E-state index in [9.17, 15) is 15.0 Å². The summed E-state index contributed by atoms with van der Waals surface area (Å²) in [5.74, 6) is 6.23. The highest BCUT2D eigenvalue weighted by Gasteiger charge is 2.75. The number of aliphatic hydroxyl groups excluding tert-OH is 2. The number of hydrogen-bond acceptors (Lipinski definition) is 9. The number of rotatable bonds is 3. The molecule has 3 aromatic rings. The number of carbonyl (C=O) groups is 1. The summed E-state index contributed by atoms with van der Waals surface area (Å²) in [5.41, 5.74) is -0.0287. The van der Waals surface area contributed by atoms with Crippen LogP contribution in [-0.2, 0) is 4.79 Å². The van der Waals surface area contributed by atoms with Gasteiger partial charge < -0.3 is 25.4 Å². The third-order valence-corrected chi connectivity index (χ3v) is 6.15. The molecule has 0 radical (unpaired) electrons. The first-order valence-corrected chi connectivity index (χ1v) is 9.81. The van der Waals surface area contributed by atoms with Crippen molar-refractivity contribution in [3.63, 3.8) is 0 Å². The van der Waals surface area contributed by atoms with Gasteiger partial charge in [-0.1, -0.05) is 0 Å². The van der Waals surface area contributed by atoms with Gasteiger partial charge >= 0.3 is 0 Å². The Morgan fingerprint density at radius 1 is 1.16 bits per heavy atom. The summed E-state index contributed by atoms with van der Waals surface area (Å²) < 4.78 is 1.71. The van der Waals surface area contributed by atoms with E-state index in [4.69, 9.17) is 0 Å². The molecule has 4 N–H and O–H groups in total. The number of imidazole rings is 1. The smallest absolute Gasteiger partial charge is 0.229 e. The maximum atomic E-state index is 12.4. The molecule has 11 nitrogen and oxygen atoms in total. The van der Waals surface area contributed by atoms with Crippen LogP contribution in [0.3, 0.4) is 0 Å². The second-order valence-corrected chi connectivity index (χ2v) is 7.65. The van der Waals surface area contributed by atoms with Gasteiger partial charge in [0.15, 0.2) is 17.0 Å². The summed E-state index contributed by atoms with van der Waals surface area (Å²) >= 11 is 0.